The van der Waals surface area contributed by atoms with Gasteiger partial charge in [-0.25, -0.2) is 9.69 Å². The number of amides is 3. The molecular weight excluding hydrogens is 275 g/mol. The number of anilines is 1. The average molecular weight is 287 g/mol. The summed E-state index contributed by atoms with van der Waals surface area (Å²) in [5.41, 5.74) is 0.383. The van der Waals surface area contributed by atoms with E-state index in [2.05, 4.69) is 5.32 Å². The molecule has 2 rings (SSSR count). The van der Waals surface area contributed by atoms with Crippen molar-refractivity contribution in [1.29, 1.82) is 0 Å². The van der Waals surface area contributed by atoms with Gasteiger partial charge in [0.1, 0.15) is 0 Å². The summed E-state index contributed by atoms with van der Waals surface area (Å²) in [5, 5.41) is 3.49. The highest BCUT2D eigenvalue weighted by Gasteiger charge is 2.37. The fourth-order valence-electron chi connectivity index (χ4n) is 1.81. The molecule has 2 atom stereocenters. The first-order chi connectivity index (χ1) is 8.40. The van der Waals surface area contributed by atoms with E-state index in [1.165, 1.54) is 12.1 Å². The lowest BCUT2D eigenvalue weighted by Crippen LogP contribution is -2.58. The Bertz CT molecular complexity index is 499. The minimum absolute atomic E-state index is 0.184. The van der Waals surface area contributed by atoms with E-state index >= 15 is 0 Å². The smallest absolute Gasteiger partial charge is 0.328 e. The predicted molar refractivity (Wildman–Crippen MR) is 71.1 cm³/mol. The summed E-state index contributed by atoms with van der Waals surface area (Å²) in [6, 6.07) is 3.98. The number of urea groups is 1. The standard InChI is InChI=1S/C12H12Cl2N2O2/c1-6-7(2)15-12(18)16(11(6)17)10-4-8(13)3-9(14)5-10/h3-7H,1-2H3,(H,15,18). The van der Waals surface area contributed by atoms with Crippen LogP contribution in [0.2, 0.25) is 10.0 Å². The van der Waals surface area contributed by atoms with Crippen LogP contribution < -0.4 is 10.2 Å². The molecule has 6 heteroatoms. The molecule has 0 aliphatic carbocycles. The van der Waals surface area contributed by atoms with Gasteiger partial charge in [-0.05, 0) is 25.1 Å². The minimum Gasteiger partial charge on any atom is -0.334 e. The molecule has 0 saturated carbocycles. The lowest BCUT2D eigenvalue weighted by atomic mass is 9.99. The van der Waals surface area contributed by atoms with Crippen molar-refractivity contribution in [2.75, 3.05) is 4.90 Å². The third kappa shape index (κ3) is 2.31. The number of nitrogens with zero attached hydrogens (tertiary/aromatic N) is 1. The van der Waals surface area contributed by atoms with Gasteiger partial charge in [0, 0.05) is 16.1 Å². The third-order valence-corrected chi connectivity index (χ3v) is 3.46. The summed E-state index contributed by atoms with van der Waals surface area (Å²) in [5.74, 6) is -0.551. The van der Waals surface area contributed by atoms with Gasteiger partial charge in [-0.15, -0.1) is 0 Å². The molecule has 1 fully saturated rings. The Morgan fingerprint density at radius 1 is 1.11 bits per heavy atom. The Balaban J connectivity index is 2.42. The number of hydrogen-bond acceptors (Lipinski definition) is 2. The highest BCUT2D eigenvalue weighted by atomic mass is 35.5. The molecule has 1 aromatic carbocycles. The van der Waals surface area contributed by atoms with E-state index in [9.17, 15) is 9.59 Å². The second-order valence-corrected chi connectivity index (χ2v) is 5.20. The van der Waals surface area contributed by atoms with Gasteiger partial charge in [0.05, 0.1) is 11.6 Å². The molecule has 1 saturated heterocycles. The topological polar surface area (TPSA) is 49.4 Å². The molecule has 1 aromatic rings. The van der Waals surface area contributed by atoms with Crippen LogP contribution in [0, 0.1) is 5.92 Å². The van der Waals surface area contributed by atoms with Crippen molar-refractivity contribution in [3.63, 3.8) is 0 Å². The van der Waals surface area contributed by atoms with Gasteiger partial charge in [-0.1, -0.05) is 30.1 Å². The van der Waals surface area contributed by atoms with Crippen molar-refractivity contribution in [1.82, 2.24) is 5.32 Å². The van der Waals surface area contributed by atoms with Gasteiger partial charge < -0.3 is 5.32 Å². The molecular formula is C12H12Cl2N2O2. The molecule has 1 heterocycles. The highest BCUT2D eigenvalue weighted by Crippen LogP contribution is 2.28. The maximum absolute atomic E-state index is 12.1. The first-order valence-electron chi connectivity index (χ1n) is 5.50. The van der Waals surface area contributed by atoms with Crippen LogP contribution in [-0.2, 0) is 4.79 Å². The van der Waals surface area contributed by atoms with E-state index < -0.39 is 6.03 Å². The Morgan fingerprint density at radius 2 is 1.67 bits per heavy atom. The SMILES string of the molecule is CC1NC(=O)N(c2cc(Cl)cc(Cl)c2)C(=O)C1C. The van der Waals surface area contributed by atoms with Crippen LogP contribution >= 0.6 is 23.2 Å². The number of carbonyl (C=O) groups is 2. The second-order valence-electron chi connectivity index (χ2n) is 4.33. The van der Waals surface area contributed by atoms with Crippen molar-refractivity contribution in [2.45, 2.75) is 19.9 Å². The summed E-state index contributed by atoms with van der Waals surface area (Å²) in [6.07, 6.45) is 0. The summed E-state index contributed by atoms with van der Waals surface area (Å²) < 4.78 is 0. The molecule has 0 bridgehead atoms. The largest absolute Gasteiger partial charge is 0.334 e. The van der Waals surface area contributed by atoms with E-state index in [0.717, 1.165) is 4.90 Å². The van der Waals surface area contributed by atoms with Gasteiger partial charge in [0.15, 0.2) is 0 Å². The number of carbonyl (C=O) groups excluding carboxylic acids is 2. The van der Waals surface area contributed by atoms with E-state index in [4.69, 9.17) is 23.2 Å². The van der Waals surface area contributed by atoms with E-state index in [1.807, 2.05) is 0 Å². The van der Waals surface area contributed by atoms with Crippen molar-refractivity contribution in [3.05, 3.63) is 28.2 Å². The zero-order valence-electron chi connectivity index (χ0n) is 9.91. The molecule has 1 N–H and O–H groups in total. The summed E-state index contributed by atoms with van der Waals surface area (Å²) in [4.78, 5) is 25.1. The van der Waals surface area contributed by atoms with Crippen LogP contribution in [0.4, 0.5) is 10.5 Å². The average Bonchev–Trinajstić information content (AvgIpc) is 2.24. The lowest BCUT2D eigenvalue weighted by molar-refractivity contribution is -0.122. The Hall–Kier alpha value is -1.26. The van der Waals surface area contributed by atoms with Gasteiger partial charge in [0.25, 0.3) is 0 Å². The molecule has 0 radical (unpaired) electrons. The first kappa shape index (κ1) is 13.2. The molecule has 3 amide bonds. The van der Waals surface area contributed by atoms with Gasteiger partial charge in [-0.3, -0.25) is 4.79 Å². The first-order valence-corrected chi connectivity index (χ1v) is 6.26. The molecule has 1 aliphatic rings. The van der Waals surface area contributed by atoms with Crippen LogP contribution in [0.1, 0.15) is 13.8 Å². The quantitative estimate of drug-likeness (QED) is 0.863. The molecule has 0 aromatic heterocycles. The molecule has 4 nitrogen and oxygen atoms in total. The van der Waals surface area contributed by atoms with E-state index in [1.54, 1.807) is 19.9 Å². The van der Waals surface area contributed by atoms with Gasteiger partial charge in [0.2, 0.25) is 5.91 Å². The number of nitrogens with one attached hydrogen (secondary N) is 1. The van der Waals surface area contributed by atoms with Crippen molar-refractivity contribution < 1.29 is 9.59 Å². The zero-order chi connectivity index (χ0) is 13.4. The second kappa shape index (κ2) is 4.78. The normalized spacial score (nSPS) is 24.1. The number of rotatable bonds is 1. The van der Waals surface area contributed by atoms with Crippen LogP contribution in [0.5, 0.6) is 0 Å². The van der Waals surface area contributed by atoms with Crippen LogP contribution in [0.3, 0.4) is 0 Å². The molecule has 1 aliphatic heterocycles. The van der Waals surface area contributed by atoms with E-state index in [0.29, 0.717) is 15.7 Å². The Kier molecular flexibility index (Phi) is 3.50. The molecule has 2 unspecified atom stereocenters. The zero-order valence-corrected chi connectivity index (χ0v) is 11.4. The molecule has 96 valence electrons. The Labute approximate surface area is 115 Å². The number of hydrogen-bond donors (Lipinski definition) is 1. The summed E-state index contributed by atoms with van der Waals surface area (Å²) in [6.45, 7) is 3.56. The third-order valence-electron chi connectivity index (χ3n) is 3.02. The number of imide groups is 1. The fraction of sp³-hybridized carbons (Fsp3) is 0.333. The molecule has 18 heavy (non-hydrogen) atoms. The van der Waals surface area contributed by atoms with Crippen LogP contribution in [0.25, 0.3) is 0 Å². The predicted octanol–water partition coefficient (Wildman–Crippen LogP) is 3.07. The van der Waals surface area contributed by atoms with Crippen LogP contribution in [0.15, 0.2) is 18.2 Å². The minimum atomic E-state index is -0.455. The van der Waals surface area contributed by atoms with Gasteiger partial charge >= 0.3 is 6.03 Å². The number of benzene rings is 1. The summed E-state index contributed by atoms with van der Waals surface area (Å²) >= 11 is 11.8. The van der Waals surface area contributed by atoms with Crippen molar-refractivity contribution in [3.8, 4) is 0 Å². The van der Waals surface area contributed by atoms with Crippen molar-refractivity contribution in [2.24, 2.45) is 5.92 Å². The maximum atomic E-state index is 12.1. The van der Waals surface area contributed by atoms with E-state index in [-0.39, 0.29) is 17.9 Å². The lowest BCUT2D eigenvalue weighted by Gasteiger charge is -2.34. The molecule has 0 spiro atoms. The monoisotopic (exact) mass is 286 g/mol. The van der Waals surface area contributed by atoms with Crippen LogP contribution in [-0.4, -0.2) is 18.0 Å². The van der Waals surface area contributed by atoms with Gasteiger partial charge in [-0.2, -0.15) is 0 Å². The maximum Gasteiger partial charge on any atom is 0.328 e. The van der Waals surface area contributed by atoms with Crippen molar-refractivity contribution >= 4 is 40.8 Å². The Morgan fingerprint density at radius 3 is 2.22 bits per heavy atom. The fourth-order valence-corrected chi connectivity index (χ4v) is 2.33. The summed E-state index contributed by atoms with van der Waals surface area (Å²) in [7, 11) is 0. The highest BCUT2D eigenvalue weighted by molar-refractivity contribution is 6.35. The number of halogens is 2.